The summed E-state index contributed by atoms with van der Waals surface area (Å²) in [7, 11) is 0. The maximum Gasteiger partial charge on any atom is 0.303 e. The number of hydrogen-bond acceptors (Lipinski definition) is 13. The zero-order valence-electron chi connectivity index (χ0n) is 32.2. The van der Waals surface area contributed by atoms with Crippen LogP contribution in [0.4, 0.5) is 0 Å². The highest BCUT2D eigenvalue weighted by molar-refractivity contribution is 5.66. The van der Waals surface area contributed by atoms with Crippen molar-refractivity contribution < 1.29 is 63.5 Å². The normalized spacial score (nSPS) is 58.0. The van der Waals surface area contributed by atoms with Crippen LogP contribution in [0.25, 0.3) is 0 Å². The molecule has 13 heteroatoms. The first-order valence-corrected chi connectivity index (χ1v) is 20.5. The highest BCUT2D eigenvalue weighted by Crippen LogP contribution is 2.71. The van der Waals surface area contributed by atoms with Crippen molar-refractivity contribution in [2.75, 3.05) is 13.2 Å². The highest BCUT2D eigenvalue weighted by atomic mass is 16.7. The Labute approximate surface area is 313 Å². The third-order valence-corrected chi connectivity index (χ3v) is 16.1. The number of ether oxygens (including phenoxy) is 7. The van der Waals surface area contributed by atoms with Crippen molar-refractivity contribution in [3.8, 4) is 0 Å². The fourth-order valence-electron chi connectivity index (χ4n) is 13.3. The molecule has 5 N–H and O–H groups in total. The topological polar surface area (TPSA) is 183 Å². The van der Waals surface area contributed by atoms with Gasteiger partial charge in [-0.25, -0.2) is 0 Å². The van der Waals surface area contributed by atoms with E-state index in [9.17, 15) is 30.3 Å². The van der Waals surface area contributed by atoms with Crippen LogP contribution < -0.4 is 0 Å². The van der Waals surface area contributed by atoms with Crippen molar-refractivity contribution in [2.45, 2.75) is 179 Å². The Morgan fingerprint density at radius 3 is 2.28 bits per heavy atom. The van der Waals surface area contributed by atoms with E-state index in [1.54, 1.807) is 0 Å². The van der Waals surface area contributed by atoms with E-state index < -0.39 is 79.3 Å². The number of fused-ring (bicyclic) bond motifs is 7. The molecule has 0 bridgehead atoms. The number of rotatable bonds is 5. The third-order valence-electron chi connectivity index (χ3n) is 16.1. The SMILES string of the molecule is CC(=O)O[C@H]1CO[C@@H](O[C@@H]2C[C@H](O)CC3CCC4C5CC6OC7(CCC(C)CO7)C(C)C6[C@@]5(C)CCC4[C@]32C)[C@H](O)[C@H]1O[C@@H]1O[C@H](C)[C@H](O)[C@@H](O)[C@H]1O. The minimum absolute atomic E-state index is 0.150. The summed E-state index contributed by atoms with van der Waals surface area (Å²) < 4.78 is 43.7. The van der Waals surface area contributed by atoms with Crippen molar-refractivity contribution in [3.05, 3.63) is 0 Å². The van der Waals surface area contributed by atoms with Gasteiger partial charge in [-0.3, -0.25) is 4.79 Å². The predicted octanol–water partition coefficient (Wildman–Crippen LogP) is 2.65. The van der Waals surface area contributed by atoms with Gasteiger partial charge in [0.25, 0.3) is 0 Å². The zero-order chi connectivity index (χ0) is 37.8. The molecule has 1 spiro atoms. The molecule has 13 nitrogen and oxygen atoms in total. The lowest BCUT2D eigenvalue weighted by atomic mass is 9.43. The molecule has 9 unspecified atom stereocenters. The summed E-state index contributed by atoms with van der Waals surface area (Å²) in [5.41, 5.74) is -0.136. The number of hydrogen-bond donors (Lipinski definition) is 5. The van der Waals surface area contributed by atoms with Gasteiger partial charge in [-0.1, -0.05) is 27.7 Å². The Morgan fingerprint density at radius 2 is 1.57 bits per heavy atom. The molecular weight excluding hydrogens is 688 g/mol. The van der Waals surface area contributed by atoms with E-state index in [1.807, 2.05) is 0 Å². The quantitative estimate of drug-likeness (QED) is 0.259. The lowest BCUT2D eigenvalue weighted by molar-refractivity contribution is -0.356. The van der Waals surface area contributed by atoms with Gasteiger partial charge in [0.1, 0.15) is 30.5 Å². The summed E-state index contributed by atoms with van der Waals surface area (Å²) in [6.45, 7) is 12.9. The van der Waals surface area contributed by atoms with Crippen LogP contribution in [0, 0.1) is 52.3 Å². The van der Waals surface area contributed by atoms with Crippen LogP contribution in [0.2, 0.25) is 0 Å². The minimum Gasteiger partial charge on any atom is -0.457 e. The lowest BCUT2D eigenvalue weighted by Gasteiger charge is -2.63. The molecule has 8 rings (SSSR count). The fourth-order valence-corrected chi connectivity index (χ4v) is 13.3. The molecule has 0 aromatic heterocycles. The Morgan fingerprint density at radius 1 is 0.792 bits per heavy atom. The van der Waals surface area contributed by atoms with E-state index in [4.69, 9.17) is 33.2 Å². The van der Waals surface area contributed by atoms with E-state index in [0.29, 0.717) is 48.3 Å². The van der Waals surface area contributed by atoms with Gasteiger partial charge in [0.15, 0.2) is 24.5 Å². The van der Waals surface area contributed by atoms with Crippen LogP contribution in [0.3, 0.4) is 0 Å². The molecule has 0 aromatic carbocycles. The summed E-state index contributed by atoms with van der Waals surface area (Å²) in [6, 6.07) is 0. The Balaban J connectivity index is 1.01. The molecular formula is C40H64O13. The molecule has 8 aliphatic rings. The van der Waals surface area contributed by atoms with Gasteiger partial charge in [-0.15, -0.1) is 0 Å². The molecule has 4 aliphatic heterocycles. The number of aliphatic hydroxyl groups excluding tert-OH is 5. The maximum absolute atomic E-state index is 12.1. The minimum atomic E-state index is -1.62. The number of aliphatic hydroxyl groups is 5. The summed E-state index contributed by atoms with van der Waals surface area (Å²) >= 11 is 0. The number of carbonyl (C=O) groups is 1. The smallest absolute Gasteiger partial charge is 0.303 e. The van der Waals surface area contributed by atoms with Crippen molar-refractivity contribution in [1.82, 2.24) is 0 Å². The van der Waals surface area contributed by atoms with E-state index in [0.717, 1.165) is 51.6 Å². The van der Waals surface area contributed by atoms with Crippen LogP contribution >= 0.6 is 0 Å². The highest BCUT2D eigenvalue weighted by Gasteiger charge is 2.70. The average Bonchev–Trinajstić information content (AvgIpc) is 3.56. The van der Waals surface area contributed by atoms with Gasteiger partial charge >= 0.3 is 5.97 Å². The fraction of sp³-hybridized carbons (Fsp3) is 0.975. The second-order valence-electron chi connectivity index (χ2n) is 18.9. The molecule has 0 amide bonds. The molecule has 302 valence electrons. The van der Waals surface area contributed by atoms with Gasteiger partial charge < -0.3 is 58.7 Å². The van der Waals surface area contributed by atoms with Crippen LogP contribution in [-0.4, -0.2) is 124 Å². The number of carbonyl (C=O) groups excluding carboxylic acids is 1. The maximum atomic E-state index is 12.1. The second-order valence-corrected chi connectivity index (χ2v) is 18.9. The predicted molar refractivity (Wildman–Crippen MR) is 187 cm³/mol. The Bertz CT molecular complexity index is 1340. The van der Waals surface area contributed by atoms with Crippen LogP contribution in [0.15, 0.2) is 0 Å². The lowest BCUT2D eigenvalue weighted by Crippen LogP contribution is -2.64. The van der Waals surface area contributed by atoms with Crippen molar-refractivity contribution in [2.24, 2.45) is 52.3 Å². The zero-order valence-corrected chi connectivity index (χ0v) is 32.2. The molecule has 4 aliphatic carbocycles. The number of esters is 1. The van der Waals surface area contributed by atoms with Gasteiger partial charge in [0.05, 0.1) is 37.6 Å². The first-order chi connectivity index (χ1) is 25.1. The third kappa shape index (κ3) is 6.26. The van der Waals surface area contributed by atoms with Gasteiger partial charge in [-0.05, 0) is 98.2 Å². The molecule has 22 atom stereocenters. The summed E-state index contributed by atoms with van der Waals surface area (Å²) in [4.78, 5) is 12.1. The summed E-state index contributed by atoms with van der Waals surface area (Å²) in [5, 5.41) is 54.4. The average molecular weight is 753 g/mol. The first kappa shape index (κ1) is 38.9. The molecule has 53 heavy (non-hydrogen) atoms. The molecule has 4 saturated carbocycles. The van der Waals surface area contributed by atoms with Crippen LogP contribution in [-0.2, 0) is 38.0 Å². The van der Waals surface area contributed by atoms with E-state index in [2.05, 4.69) is 27.7 Å². The van der Waals surface area contributed by atoms with Gasteiger partial charge in [0, 0.05) is 25.7 Å². The van der Waals surface area contributed by atoms with E-state index in [1.165, 1.54) is 13.8 Å². The van der Waals surface area contributed by atoms with E-state index >= 15 is 0 Å². The Kier molecular flexibility index (Phi) is 10.4. The summed E-state index contributed by atoms with van der Waals surface area (Å²) in [5.74, 6) is 1.89. The molecule has 4 saturated heterocycles. The van der Waals surface area contributed by atoms with Crippen molar-refractivity contribution in [3.63, 3.8) is 0 Å². The van der Waals surface area contributed by atoms with Gasteiger partial charge in [0.2, 0.25) is 0 Å². The first-order valence-electron chi connectivity index (χ1n) is 20.5. The summed E-state index contributed by atoms with van der Waals surface area (Å²) in [6.07, 6.45) is -3.99. The second kappa shape index (κ2) is 14.1. The van der Waals surface area contributed by atoms with Crippen molar-refractivity contribution >= 4 is 5.97 Å². The molecule has 0 aromatic rings. The monoisotopic (exact) mass is 752 g/mol. The molecule has 4 heterocycles. The van der Waals surface area contributed by atoms with Gasteiger partial charge in [-0.2, -0.15) is 0 Å². The molecule has 0 radical (unpaired) electrons. The Hall–Kier alpha value is -0.970. The van der Waals surface area contributed by atoms with E-state index in [-0.39, 0.29) is 29.5 Å². The standard InChI is InChI=1S/C40H64O13/c1-18-9-12-40(48-16-18)19(2)30-27(53-40)15-26-24-8-7-22-13-23(42)14-29(39(22,6)25(24)10-11-38(26,30)5)51-36-34(46)35(28(17-47-36)50-21(4)41)52-37-33(45)32(44)31(43)20(3)49-37/h18-20,22-37,42-46H,7-17H2,1-6H3/t18?,19?,20-,22?,23-,24?,25?,26?,27?,28+,29-,30?,31+,32-,33-,34-,35+,36+,37+,38+,39+,40?/m1/s1. The van der Waals surface area contributed by atoms with Crippen LogP contribution in [0.5, 0.6) is 0 Å². The van der Waals surface area contributed by atoms with Crippen molar-refractivity contribution in [1.29, 1.82) is 0 Å². The largest absolute Gasteiger partial charge is 0.457 e. The molecule has 8 fully saturated rings. The van der Waals surface area contributed by atoms with Crippen LogP contribution in [0.1, 0.15) is 99.3 Å².